The van der Waals surface area contributed by atoms with Crippen molar-refractivity contribution >= 4 is 11.9 Å². The number of hydrogen-bond acceptors (Lipinski definition) is 11. The third-order valence-corrected chi connectivity index (χ3v) is 10.7. The van der Waals surface area contributed by atoms with Crippen LogP contribution in [0.5, 0.6) is 0 Å². The lowest BCUT2D eigenvalue weighted by molar-refractivity contribution is -0.330. The summed E-state index contributed by atoms with van der Waals surface area (Å²) < 4.78 is 17.5. The van der Waals surface area contributed by atoms with Gasteiger partial charge in [0.1, 0.15) is 41.5 Å². The van der Waals surface area contributed by atoms with Crippen LogP contribution in [0.25, 0.3) is 0 Å². The molecule has 206 valence electrons. The second-order valence-electron chi connectivity index (χ2n) is 12.3. The maximum absolute atomic E-state index is 13.6. The predicted molar refractivity (Wildman–Crippen MR) is 119 cm³/mol. The maximum atomic E-state index is 13.6. The van der Waals surface area contributed by atoms with Crippen molar-refractivity contribution in [1.82, 2.24) is 0 Å². The van der Waals surface area contributed by atoms with Gasteiger partial charge in [0.2, 0.25) is 0 Å². The molecule has 12 heteroatoms. The van der Waals surface area contributed by atoms with Gasteiger partial charge >= 0.3 is 11.9 Å². The van der Waals surface area contributed by atoms with Crippen molar-refractivity contribution in [2.24, 2.45) is 28.6 Å². The number of hydrogen-bond donors (Lipinski definition) is 7. The molecule has 14 atom stereocenters. The number of aliphatic hydroxyl groups excluding tert-OH is 5. The average molecular weight is 527 g/mol. The average Bonchev–Trinajstić information content (AvgIpc) is 3.25. The predicted octanol–water partition coefficient (Wildman–Crippen LogP) is -1.95. The molecule has 7 N–H and O–H groups in total. The monoisotopic (exact) mass is 526 g/mol. The topological polar surface area (TPSA) is 203 Å². The van der Waals surface area contributed by atoms with Crippen LogP contribution >= 0.6 is 0 Å². The van der Waals surface area contributed by atoms with Gasteiger partial charge in [0.25, 0.3) is 0 Å². The van der Waals surface area contributed by atoms with Crippen LogP contribution in [-0.2, 0) is 23.8 Å². The zero-order valence-corrected chi connectivity index (χ0v) is 20.4. The Morgan fingerprint density at radius 3 is 2.54 bits per heavy atom. The van der Waals surface area contributed by atoms with E-state index < -0.39 is 101 Å². The van der Waals surface area contributed by atoms with Crippen LogP contribution in [0, 0.1) is 28.6 Å². The van der Waals surface area contributed by atoms with Crippen LogP contribution in [-0.4, -0.2) is 108 Å². The highest BCUT2D eigenvalue weighted by Gasteiger charge is 2.85. The van der Waals surface area contributed by atoms with E-state index in [0.717, 1.165) is 0 Å². The Hall–Kier alpha value is -1.64. The van der Waals surface area contributed by atoms with E-state index in [0.29, 0.717) is 18.4 Å². The van der Waals surface area contributed by atoms with E-state index in [1.165, 1.54) is 6.92 Å². The van der Waals surface area contributed by atoms with Crippen LogP contribution in [0.2, 0.25) is 0 Å². The van der Waals surface area contributed by atoms with Gasteiger partial charge in [-0.15, -0.1) is 0 Å². The molecule has 4 aliphatic carbocycles. The molecule has 6 aliphatic rings. The molecule has 4 bridgehead atoms. The van der Waals surface area contributed by atoms with Gasteiger partial charge in [0, 0.05) is 18.3 Å². The first kappa shape index (κ1) is 25.6. The molecular weight excluding hydrogens is 492 g/mol. The van der Waals surface area contributed by atoms with E-state index in [2.05, 4.69) is 6.58 Å². The lowest BCUT2D eigenvalue weighted by Crippen LogP contribution is -2.64. The van der Waals surface area contributed by atoms with Gasteiger partial charge in [-0.05, 0) is 43.6 Å². The number of aliphatic carboxylic acids is 1. The Bertz CT molecular complexity index is 1050. The summed E-state index contributed by atoms with van der Waals surface area (Å²) in [4.78, 5) is 26.5. The Morgan fingerprint density at radius 1 is 1.19 bits per heavy atom. The number of rotatable bonds is 4. The molecule has 6 fully saturated rings. The van der Waals surface area contributed by atoms with Crippen LogP contribution in [0.4, 0.5) is 0 Å². The Labute approximate surface area is 212 Å². The third-order valence-electron chi connectivity index (χ3n) is 10.7. The molecule has 0 aromatic heterocycles. The van der Waals surface area contributed by atoms with E-state index in [1.807, 2.05) is 0 Å². The molecule has 1 spiro atoms. The Kier molecular flexibility index (Phi) is 5.35. The minimum Gasteiger partial charge on any atom is -0.481 e. The molecular formula is C25H34O12. The molecule has 12 nitrogen and oxygen atoms in total. The van der Waals surface area contributed by atoms with Crippen molar-refractivity contribution in [3.63, 3.8) is 0 Å². The van der Waals surface area contributed by atoms with Gasteiger partial charge < -0.3 is 50.0 Å². The SMILES string of the molecule is C=C1CC23CC1(O)CCC2C12CC(O)C(OC4OC(CO)C(O)C(O)C4O)C(C)(C(=O)O1)C2C3C(=O)O. The van der Waals surface area contributed by atoms with Gasteiger partial charge in [-0.25, -0.2) is 0 Å². The molecule has 0 amide bonds. The first-order valence-electron chi connectivity index (χ1n) is 12.8. The van der Waals surface area contributed by atoms with Crippen LogP contribution < -0.4 is 0 Å². The zero-order valence-electron chi connectivity index (χ0n) is 20.4. The van der Waals surface area contributed by atoms with Crippen molar-refractivity contribution < 1.29 is 59.5 Å². The third kappa shape index (κ3) is 2.90. The van der Waals surface area contributed by atoms with Crippen LogP contribution in [0.15, 0.2) is 12.2 Å². The fourth-order valence-electron chi connectivity index (χ4n) is 9.25. The van der Waals surface area contributed by atoms with Gasteiger partial charge in [-0.1, -0.05) is 6.58 Å². The quantitative estimate of drug-likeness (QED) is 0.158. The van der Waals surface area contributed by atoms with E-state index in [1.54, 1.807) is 0 Å². The van der Waals surface area contributed by atoms with Gasteiger partial charge in [0.05, 0.1) is 24.2 Å². The number of carbonyl (C=O) groups is 2. The summed E-state index contributed by atoms with van der Waals surface area (Å²) in [5, 5.41) is 73.5. The second kappa shape index (κ2) is 7.72. The molecule has 4 saturated carbocycles. The number of carboxylic acid groups (broad SMARTS) is 1. The summed E-state index contributed by atoms with van der Waals surface area (Å²) >= 11 is 0. The highest BCUT2D eigenvalue weighted by molar-refractivity contribution is 5.85. The number of fused-ring (bicyclic) bond motifs is 1. The number of aliphatic hydroxyl groups is 6. The summed E-state index contributed by atoms with van der Waals surface area (Å²) in [6.45, 7) is 4.83. The van der Waals surface area contributed by atoms with Crippen molar-refractivity contribution in [3.8, 4) is 0 Å². The summed E-state index contributed by atoms with van der Waals surface area (Å²) in [5.41, 5.74) is -4.49. The van der Waals surface area contributed by atoms with E-state index in [4.69, 9.17) is 14.2 Å². The van der Waals surface area contributed by atoms with Gasteiger partial charge in [-0.2, -0.15) is 0 Å². The number of carbonyl (C=O) groups excluding carboxylic acids is 1. The molecule has 0 aromatic rings. The fourth-order valence-corrected chi connectivity index (χ4v) is 9.25. The maximum Gasteiger partial charge on any atom is 0.315 e. The number of carboxylic acids is 1. The summed E-state index contributed by atoms with van der Waals surface area (Å²) in [6, 6.07) is 0. The standard InChI is InChI=1S/C25H34O12/c1-9-5-23-8-24(9,34)4-3-12(23)25-6-10(27)18(22(2,21(33)37-25)17(25)13(23)19(31)32)36-20-16(30)15(29)14(28)11(7-26)35-20/h10-18,20,26-30,34H,1,3-8H2,2H3,(H,31,32). The number of esters is 1. The largest absolute Gasteiger partial charge is 0.481 e. The fraction of sp³-hybridized carbons (Fsp3) is 0.840. The van der Waals surface area contributed by atoms with E-state index in [-0.39, 0.29) is 19.3 Å². The Morgan fingerprint density at radius 2 is 1.89 bits per heavy atom. The van der Waals surface area contributed by atoms with Gasteiger partial charge in [-0.3, -0.25) is 9.59 Å². The first-order valence-corrected chi connectivity index (χ1v) is 12.8. The lowest BCUT2D eigenvalue weighted by atomic mass is 9.58. The lowest BCUT2D eigenvalue weighted by Gasteiger charge is -2.49. The molecule has 2 heterocycles. The van der Waals surface area contributed by atoms with Crippen molar-refractivity contribution in [2.75, 3.05) is 6.61 Å². The normalized spacial score (nSPS) is 58.1. The van der Waals surface area contributed by atoms with Crippen molar-refractivity contribution in [2.45, 2.75) is 93.1 Å². The van der Waals surface area contributed by atoms with Gasteiger partial charge in [0.15, 0.2) is 6.29 Å². The summed E-state index contributed by atoms with van der Waals surface area (Å²) in [7, 11) is 0. The second-order valence-corrected chi connectivity index (χ2v) is 12.3. The molecule has 0 aromatic carbocycles. The molecule has 0 radical (unpaired) electrons. The highest BCUT2D eigenvalue weighted by atomic mass is 16.7. The molecule has 14 unspecified atom stereocenters. The molecule has 2 aliphatic heterocycles. The molecule has 2 saturated heterocycles. The van der Waals surface area contributed by atoms with E-state index >= 15 is 0 Å². The zero-order chi connectivity index (χ0) is 26.9. The van der Waals surface area contributed by atoms with E-state index in [9.17, 15) is 45.3 Å². The molecule has 6 rings (SSSR count). The summed E-state index contributed by atoms with van der Waals surface area (Å²) in [5.74, 6) is -4.31. The van der Waals surface area contributed by atoms with Crippen LogP contribution in [0.3, 0.4) is 0 Å². The van der Waals surface area contributed by atoms with Crippen molar-refractivity contribution in [3.05, 3.63) is 12.2 Å². The summed E-state index contributed by atoms with van der Waals surface area (Å²) in [6.07, 6.45) is -9.64. The number of ether oxygens (including phenoxy) is 3. The minimum atomic E-state index is -1.77. The van der Waals surface area contributed by atoms with Crippen molar-refractivity contribution in [1.29, 1.82) is 0 Å². The Balaban J connectivity index is 1.42. The van der Waals surface area contributed by atoms with Crippen LogP contribution in [0.1, 0.15) is 39.0 Å². The first-order chi connectivity index (χ1) is 17.3. The smallest absolute Gasteiger partial charge is 0.315 e. The highest BCUT2D eigenvalue weighted by Crippen LogP contribution is 2.78. The minimum absolute atomic E-state index is 0.109. The molecule has 37 heavy (non-hydrogen) atoms.